The summed E-state index contributed by atoms with van der Waals surface area (Å²) in [5, 5.41) is 23.0. The van der Waals surface area contributed by atoms with E-state index < -0.39 is 24.0 Å². The van der Waals surface area contributed by atoms with Gasteiger partial charge in [0.15, 0.2) is 0 Å². The molecule has 0 aliphatic rings. The summed E-state index contributed by atoms with van der Waals surface area (Å²) in [5.41, 5.74) is 2.76. The first-order valence-electron chi connectivity index (χ1n) is 9.45. The highest BCUT2D eigenvalue weighted by molar-refractivity contribution is 9.10. The molecule has 0 saturated carbocycles. The highest BCUT2D eigenvalue weighted by Crippen LogP contribution is 2.36. The van der Waals surface area contributed by atoms with E-state index in [2.05, 4.69) is 21.2 Å². The number of benzene rings is 3. The predicted octanol–water partition coefficient (Wildman–Crippen LogP) is 5.30. The van der Waals surface area contributed by atoms with Crippen LogP contribution in [0, 0.1) is 5.92 Å². The number of hydroxylamine groups is 1. The molecule has 3 rings (SSSR count). The Balaban J connectivity index is 1.94. The molecule has 2 amide bonds. The van der Waals surface area contributed by atoms with Crippen molar-refractivity contribution in [2.24, 2.45) is 5.92 Å². The number of hydrogen-bond acceptors (Lipinski definition) is 5. The lowest BCUT2D eigenvalue weighted by atomic mass is 9.92. The Morgan fingerprint density at radius 2 is 1.71 bits per heavy atom. The Labute approximate surface area is 187 Å². The zero-order valence-corrected chi connectivity index (χ0v) is 18.2. The molecule has 160 valence electrons. The number of carbonyl (C=O) groups excluding carboxylic acids is 2. The molecular weight excluding hydrogens is 464 g/mol. The fraction of sp³-hybridized carbons (Fsp3) is 0.130. The van der Waals surface area contributed by atoms with E-state index in [-0.39, 0.29) is 5.75 Å². The van der Waals surface area contributed by atoms with Crippen molar-refractivity contribution in [1.29, 1.82) is 0 Å². The maximum atomic E-state index is 12.6. The quantitative estimate of drug-likeness (QED) is 0.216. The van der Waals surface area contributed by atoms with E-state index in [4.69, 9.17) is 9.94 Å². The summed E-state index contributed by atoms with van der Waals surface area (Å²) in [7, 11) is 0. The van der Waals surface area contributed by atoms with Gasteiger partial charge in [-0.05, 0) is 35.7 Å². The van der Waals surface area contributed by atoms with E-state index in [1.54, 1.807) is 49.4 Å². The number of anilines is 1. The van der Waals surface area contributed by atoms with Gasteiger partial charge >= 0.3 is 6.09 Å². The van der Waals surface area contributed by atoms with Crippen LogP contribution in [0.2, 0.25) is 0 Å². The van der Waals surface area contributed by atoms with E-state index in [9.17, 15) is 14.7 Å². The van der Waals surface area contributed by atoms with Crippen molar-refractivity contribution in [1.82, 2.24) is 5.48 Å². The lowest BCUT2D eigenvalue weighted by Gasteiger charge is -2.24. The molecule has 0 aliphatic carbocycles. The van der Waals surface area contributed by atoms with Crippen LogP contribution in [0.15, 0.2) is 77.3 Å². The number of hydrogen-bond donors (Lipinski definition) is 4. The van der Waals surface area contributed by atoms with Crippen molar-refractivity contribution in [2.75, 3.05) is 5.32 Å². The maximum absolute atomic E-state index is 12.6. The van der Waals surface area contributed by atoms with Crippen LogP contribution < -0.4 is 10.8 Å². The molecule has 0 radical (unpaired) electrons. The van der Waals surface area contributed by atoms with E-state index in [1.807, 2.05) is 12.1 Å². The molecule has 0 bridgehead atoms. The summed E-state index contributed by atoms with van der Waals surface area (Å²) >= 11 is 3.34. The zero-order valence-electron chi connectivity index (χ0n) is 16.6. The largest absolute Gasteiger partial charge is 0.507 e. The minimum atomic E-state index is -0.774. The molecule has 4 N–H and O–H groups in total. The second-order valence-corrected chi connectivity index (χ2v) is 7.79. The van der Waals surface area contributed by atoms with Gasteiger partial charge in [0.05, 0.1) is 0 Å². The molecule has 0 aromatic heterocycles. The van der Waals surface area contributed by atoms with Gasteiger partial charge in [0.25, 0.3) is 5.91 Å². The Morgan fingerprint density at radius 1 is 1.03 bits per heavy atom. The number of carbonyl (C=O) groups is 2. The summed E-state index contributed by atoms with van der Waals surface area (Å²) in [5.74, 6) is -1.01. The van der Waals surface area contributed by atoms with Crippen LogP contribution in [0.5, 0.6) is 5.75 Å². The number of halogens is 1. The van der Waals surface area contributed by atoms with E-state index in [0.29, 0.717) is 16.6 Å². The van der Waals surface area contributed by atoms with Gasteiger partial charge < -0.3 is 9.84 Å². The zero-order chi connectivity index (χ0) is 22.4. The summed E-state index contributed by atoms with van der Waals surface area (Å²) in [6.07, 6.45) is 1.25. The third kappa shape index (κ3) is 5.62. The van der Waals surface area contributed by atoms with Gasteiger partial charge in [-0.3, -0.25) is 15.3 Å². The molecule has 0 spiro atoms. The number of fused-ring (bicyclic) bond motifs is 1. The molecule has 0 unspecified atom stereocenters. The van der Waals surface area contributed by atoms with Gasteiger partial charge in [-0.1, -0.05) is 59.3 Å². The van der Waals surface area contributed by atoms with Crippen molar-refractivity contribution in [3.05, 3.63) is 82.9 Å². The van der Waals surface area contributed by atoms with Gasteiger partial charge in [-0.2, -0.15) is 0 Å². The van der Waals surface area contributed by atoms with Crippen LogP contribution in [-0.2, 0) is 9.53 Å². The lowest BCUT2D eigenvalue weighted by molar-refractivity contribution is -0.124. The normalized spacial score (nSPS) is 13.0. The van der Waals surface area contributed by atoms with Crippen LogP contribution in [-0.4, -0.2) is 22.3 Å². The topological polar surface area (TPSA) is 108 Å². The molecule has 7 nitrogen and oxygen atoms in total. The molecule has 0 aliphatic heterocycles. The average molecular weight is 485 g/mol. The summed E-state index contributed by atoms with van der Waals surface area (Å²) in [6, 6.07) is 17.5. The second kappa shape index (κ2) is 10.1. The number of ether oxygens (including phenoxy) is 1. The monoisotopic (exact) mass is 484 g/mol. The highest BCUT2D eigenvalue weighted by atomic mass is 79.9. The summed E-state index contributed by atoms with van der Waals surface area (Å²) < 4.78 is 6.63. The Morgan fingerprint density at radius 3 is 2.39 bits per heavy atom. The molecule has 3 aromatic rings. The number of amides is 2. The Bertz CT molecular complexity index is 1110. The minimum absolute atomic E-state index is 0.111. The number of rotatable bonds is 6. The second-order valence-electron chi connectivity index (χ2n) is 6.87. The van der Waals surface area contributed by atoms with Crippen molar-refractivity contribution >= 4 is 44.4 Å². The van der Waals surface area contributed by atoms with E-state index in [1.165, 1.54) is 17.6 Å². The highest BCUT2D eigenvalue weighted by Gasteiger charge is 2.25. The molecule has 8 heteroatoms. The SMILES string of the molecule is C[C@@H](/C=C/C(=O)NO)[C@H](OC(=O)Nc1ccc(Br)cc1)c1ccc(O)c2ccccc12. The Kier molecular flexibility index (Phi) is 7.28. The fourth-order valence-electron chi connectivity index (χ4n) is 3.18. The van der Waals surface area contributed by atoms with Gasteiger partial charge in [0.2, 0.25) is 0 Å². The van der Waals surface area contributed by atoms with Crippen molar-refractivity contribution in [3.63, 3.8) is 0 Å². The van der Waals surface area contributed by atoms with Crippen LogP contribution in [0.3, 0.4) is 0 Å². The molecule has 0 heterocycles. The van der Waals surface area contributed by atoms with Crippen LogP contribution in [0.25, 0.3) is 10.8 Å². The number of phenols is 1. The Hall–Kier alpha value is -3.36. The number of phenolic OH excluding ortho intramolecular Hbond substituents is 1. The molecule has 2 atom stereocenters. The summed E-state index contributed by atoms with van der Waals surface area (Å²) in [6.45, 7) is 1.78. The van der Waals surface area contributed by atoms with Crippen molar-refractivity contribution in [3.8, 4) is 5.75 Å². The maximum Gasteiger partial charge on any atom is 0.412 e. The van der Waals surface area contributed by atoms with Crippen LogP contribution in [0.1, 0.15) is 18.6 Å². The molecule has 0 fully saturated rings. The van der Waals surface area contributed by atoms with Gasteiger partial charge in [-0.15, -0.1) is 0 Å². The minimum Gasteiger partial charge on any atom is -0.507 e. The van der Waals surface area contributed by atoms with E-state index in [0.717, 1.165) is 15.9 Å². The standard InChI is InChI=1S/C23H21BrN2O5/c1-14(6-13-21(28)26-30)22(31-23(29)25-16-9-7-15(24)8-10-16)19-11-12-20(27)18-5-3-2-4-17(18)19/h2-14,22,27,30H,1H3,(H,25,29)(H,26,28)/b13-6+/t14-,22-/m0/s1. The van der Waals surface area contributed by atoms with Crippen LogP contribution >= 0.6 is 15.9 Å². The van der Waals surface area contributed by atoms with Crippen molar-refractivity contribution < 1.29 is 24.6 Å². The van der Waals surface area contributed by atoms with Gasteiger partial charge in [-0.25, -0.2) is 10.3 Å². The fourth-order valence-corrected chi connectivity index (χ4v) is 3.45. The smallest absolute Gasteiger partial charge is 0.412 e. The first-order chi connectivity index (χ1) is 14.9. The number of aromatic hydroxyl groups is 1. The average Bonchev–Trinajstić information content (AvgIpc) is 2.78. The molecule has 31 heavy (non-hydrogen) atoms. The first-order valence-corrected chi connectivity index (χ1v) is 10.2. The van der Waals surface area contributed by atoms with E-state index >= 15 is 0 Å². The predicted molar refractivity (Wildman–Crippen MR) is 121 cm³/mol. The third-order valence-electron chi connectivity index (χ3n) is 4.70. The molecular formula is C23H21BrN2O5. The third-order valence-corrected chi connectivity index (χ3v) is 5.23. The molecule has 0 saturated heterocycles. The first kappa shape index (κ1) is 22.3. The van der Waals surface area contributed by atoms with Gasteiger partial charge in [0, 0.05) is 33.1 Å². The lowest BCUT2D eigenvalue weighted by Crippen LogP contribution is -2.22. The molecule has 3 aromatic carbocycles. The van der Waals surface area contributed by atoms with Crippen molar-refractivity contribution in [2.45, 2.75) is 13.0 Å². The van der Waals surface area contributed by atoms with Gasteiger partial charge in [0.1, 0.15) is 11.9 Å². The number of nitrogens with one attached hydrogen (secondary N) is 2. The summed E-state index contributed by atoms with van der Waals surface area (Å²) in [4.78, 5) is 24.1. The van der Waals surface area contributed by atoms with Crippen LogP contribution in [0.4, 0.5) is 10.5 Å².